The highest BCUT2D eigenvalue weighted by Gasteiger charge is 2.34. The quantitative estimate of drug-likeness (QED) is 0.332. The number of esters is 1. The summed E-state index contributed by atoms with van der Waals surface area (Å²) in [4.78, 5) is 22.9. The Labute approximate surface area is 100 Å². The van der Waals surface area contributed by atoms with Crippen molar-refractivity contribution < 1.29 is 31.9 Å². The van der Waals surface area contributed by atoms with Crippen molar-refractivity contribution in [3.8, 4) is 12.3 Å². The second kappa shape index (κ2) is 6.64. The van der Waals surface area contributed by atoms with Gasteiger partial charge in [0.2, 0.25) is 5.83 Å². The number of hydrogen-bond acceptors (Lipinski definition) is 3. The molecular formula is C10H9F4NO3. The molecule has 18 heavy (non-hydrogen) atoms. The normalized spacial score (nSPS) is 11.7. The maximum atomic E-state index is 12.3. The molecule has 0 aliphatic rings. The topological polar surface area (TPSA) is 46.6 Å². The molecule has 0 bridgehead atoms. The van der Waals surface area contributed by atoms with E-state index in [0.29, 0.717) is 0 Å². The monoisotopic (exact) mass is 267 g/mol. The van der Waals surface area contributed by atoms with Gasteiger partial charge in [-0.25, -0.2) is 9.18 Å². The van der Waals surface area contributed by atoms with Gasteiger partial charge in [0.05, 0.1) is 6.54 Å². The van der Waals surface area contributed by atoms with Crippen molar-refractivity contribution in [2.45, 2.75) is 6.18 Å². The highest BCUT2D eigenvalue weighted by molar-refractivity contribution is 6.32. The Morgan fingerprint density at radius 2 is 2.00 bits per heavy atom. The van der Waals surface area contributed by atoms with Gasteiger partial charge in [0, 0.05) is 7.05 Å². The summed E-state index contributed by atoms with van der Waals surface area (Å²) in [5.74, 6) is -2.88. The Hall–Kier alpha value is -2.04. The molecule has 0 fully saturated rings. The van der Waals surface area contributed by atoms with E-state index in [2.05, 4.69) is 10.7 Å². The molecule has 0 aliphatic carbocycles. The molecule has 8 heteroatoms. The van der Waals surface area contributed by atoms with Gasteiger partial charge < -0.3 is 9.64 Å². The van der Waals surface area contributed by atoms with Crippen LogP contribution in [0.25, 0.3) is 0 Å². The fraction of sp³-hybridized carbons (Fsp3) is 0.400. The van der Waals surface area contributed by atoms with E-state index >= 15 is 0 Å². The highest BCUT2D eigenvalue weighted by Crippen LogP contribution is 2.25. The lowest BCUT2D eigenvalue weighted by Gasteiger charge is -2.11. The number of alkyl halides is 3. The van der Waals surface area contributed by atoms with Crippen LogP contribution in [0.1, 0.15) is 0 Å². The molecule has 100 valence electrons. The van der Waals surface area contributed by atoms with Crippen LogP contribution >= 0.6 is 0 Å². The molecule has 0 aliphatic heterocycles. The van der Waals surface area contributed by atoms with Crippen molar-refractivity contribution in [2.75, 3.05) is 20.2 Å². The van der Waals surface area contributed by atoms with Gasteiger partial charge in [0.1, 0.15) is 6.61 Å². The largest absolute Gasteiger partial charge is 0.454 e. The number of ether oxygens (including phenoxy) is 1. The Bertz CT molecular complexity index is 395. The van der Waals surface area contributed by atoms with E-state index in [1.807, 2.05) is 0 Å². The molecule has 0 unspecified atom stereocenters. The second-order valence-electron chi connectivity index (χ2n) is 3.01. The van der Waals surface area contributed by atoms with Crippen molar-refractivity contribution in [3.63, 3.8) is 0 Å². The van der Waals surface area contributed by atoms with E-state index in [1.54, 1.807) is 0 Å². The van der Waals surface area contributed by atoms with Crippen LogP contribution in [-0.2, 0) is 14.3 Å². The van der Waals surface area contributed by atoms with Gasteiger partial charge in [-0.3, -0.25) is 4.79 Å². The Kier molecular flexibility index (Phi) is 5.88. The fourth-order valence-electron chi connectivity index (χ4n) is 0.733. The first-order valence-corrected chi connectivity index (χ1v) is 4.48. The number of nitrogens with zero attached hydrogens (tertiary/aromatic N) is 1. The van der Waals surface area contributed by atoms with Crippen molar-refractivity contribution in [2.24, 2.45) is 0 Å². The number of carbonyl (C=O) groups excluding carboxylic acids is 2. The van der Waals surface area contributed by atoms with Crippen molar-refractivity contribution in [1.82, 2.24) is 4.90 Å². The number of carbonyl (C=O) groups is 2. The zero-order valence-corrected chi connectivity index (χ0v) is 9.25. The predicted molar refractivity (Wildman–Crippen MR) is 52.7 cm³/mol. The molecule has 4 nitrogen and oxygen atoms in total. The van der Waals surface area contributed by atoms with Gasteiger partial charge >= 0.3 is 18.1 Å². The molecule has 0 radical (unpaired) electrons. The molecule has 0 saturated carbocycles. The minimum atomic E-state index is -5.14. The minimum Gasteiger partial charge on any atom is -0.454 e. The van der Waals surface area contributed by atoms with Crippen molar-refractivity contribution >= 4 is 11.9 Å². The lowest BCUT2D eigenvalue weighted by Crippen LogP contribution is -2.34. The molecule has 1 amide bonds. The van der Waals surface area contributed by atoms with Crippen LogP contribution in [0.3, 0.4) is 0 Å². The first-order chi connectivity index (χ1) is 8.20. The summed E-state index contributed by atoms with van der Waals surface area (Å²) in [7, 11) is 1.20. The molecule has 0 heterocycles. The SMILES string of the molecule is C#CCN(C)C(=O)C(=O)OC/C=C(\F)C(F)(F)F. The first kappa shape index (κ1) is 16.0. The zero-order valence-electron chi connectivity index (χ0n) is 9.25. The summed E-state index contributed by atoms with van der Waals surface area (Å²) in [6.07, 6.45) is -0.261. The summed E-state index contributed by atoms with van der Waals surface area (Å²) in [6.45, 7) is -1.17. The molecule has 0 atom stereocenters. The Morgan fingerprint density at radius 3 is 2.44 bits per heavy atom. The smallest absolute Gasteiger partial charge is 0.442 e. The molecule has 0 aromatic carbocycles. The summed E-state index contributed by atoms with van der Waals surface area (Å²) in [6, 6.07) is 0. The third kappa shape index (κ3) is 5.34. The molecule has 0 rings (SSSR count). The van der Waals surface area contributed by atoms with Gasteiger partial charge in [-0.1, -0.05) is 5.92 Å². The first-order valence-electron chi connectivity index (χ1n) is 4.48. The summed E-state index contributed by atoms with van der Waals surface area (Å²) >= 11 is 0. The number of terminal acetylenes is 1. The van der Waals surface area contributed by atoms with Crippen LogP contribution in [0.5, 0.6) is 0 Å². The maximum absolute atomic E-state index is 12.3. The predicted octanol–water partition coefficient (Wildman–Crippen LogP) is 1.04. The van der Waals surface area contributed by atoms with Crippen LogP contribution in [0.15, 0.2) is 11.9 Å². The molecule has 0 N–H and O–H groups in total. The van der Waals surface area contributed by atoms with Gasteiger partial charge in [0.25, 0.3) is 0 Å². The zero-order chi connectivity index (χ0) is 14.3. The van der Waals surface area contributed by atoms with Crippen LogP contribution in [-0.4, -0.2) is 43.2 Å². The van der Waals surface area contributed by atoms with Gasteiger partial charge in [0.15, 0.2) is 0 Å². The maximum Gasteiger partial charge on any atom is 0.442 e. The fourth-order valence-corrected chi connectivity index (χ4v) is 0.733. The minimum absolute atomic E-state index is 0.00631. The number of allylic oxidation sites excluding steroid dienone is 1. The van der Waals surface area contributed by atoms with E-state index in [0.717, 1.165) is 4.90 Å². The molecule has 0 spiro atoms. The third-order valence-electron chi connectivity index (χ3n) is 1.60. The second-order valence-corrected chi connectivity index (χ2v) is 3.01. The van der Waals surface area contributed by atoms with Crippen LogP contribution in [0.2, 0.25) is 0 Å². The molecule has 0 aromatic rings. The molecular weight excluding hydrogens is 258 g/mol. The summed E-state index contributed by atoms with van der Waals surface area (Å²) in [5.41, 5.74) is 0. The van der Waals surface area contributed by atoms with E-state index in [4.69, 9.17) is 6.42 Å². The molecule has 0 aromatic heterocycles. The van der Waals surface area contributed by atoms with E-state index in [-0.39, 0.29) is 12.6 Å². The lowest BCUT2D eigenvalue weighted by molar-refractivity contribution is -0.158. The number of amides is 1. The van der Waals surface area contributed by atoms with Gasteiger partial charge in [-0.2, -0.15) is 13.2 Å². The number of hydrogen-bond donors (Lipinski definition) is 0. The van der Waals surface area contributed by atoms with Crippen LogP contribution in [0, 0.1) is 12.3 Å². The summed E-state index contributed by atoms with van der Waals surface area (Å²) in [5, 5.41) is 0. The third-order valence-corrected chi connectivity index (χ3v) is 1.60. The number of rotatable bonds is 3. The van der Waals surface area contributed by atoms with E-state index < -0.39 is 30.5 Å². The van der Waals surface area contributed by atoms with E-state index in [1.165, 1.54) is 7.05 Å². The van der Waals surface area contributed by atoms with Crippen LogP contribution in [0.4, 0.5) is 17.6 Å². The average molecular weight is 267 g/mol. The van der Waals surface area contributed by atoms with Gasteiger partial charge in [-0.05, 0) is 6.08 Å². The number of likely N-dealkylation sites (N-methyl/N-ethyl adjacent to an activating group) is 1. The lowest BCUT2D eigenvalue weighted by atomic mass is 10.4. The Balaban J connectivity index is 4.29. The van der Waals surface area contributed by atoms with E-state index in [9.17, 15) is 27.2 Å². The molecule has 0 saturated heterocycles. The van der Waals surface area contributed by atoms with Crippen LogP contribution < -0.4 is 0 Å². The number of halogens is 4. The Morgan fingerprint density at radius 1 is 1.44 bits per heavy atom. The average Bonchev–Trinajstić information content (AvgIpc) is 2.26. The standard InChI is InChI=1S/C10H9F4NO3/c1-3-5-15(2)8(16)9(17)18-6-4-7(11)10(12,13)14/h1,4H,5-6H2,2H3/b7-4-. The van der Waals surface area contributed by atoms with Gasteiger partial charge in [-0.15, -0.1) is 6.42 Å². The summed E-state index contributed by atoms with van der Waals surface area (Å²) < 4.78 is 51.4. The van der Waals surface area contributed by atoms with Crippen molar-refractivity contribution in [3.05, 3.63) is 11.9 Å². The highest BCUT2D eigenvalue weighted by atomic mass is 19.4. The van der Waals surface area contributed by atoms with Crippen molar-refractivity contribution in [1.29, 1.82) is 0 Å².